The third kappa shape index (κ3) is 3.63. The van der Waals surface area contributed by atoms with E-state index in [1.54, 1.807) is 12.3 Å². The molecule has 0 fully saturated rings. The Hall–Kier alpha value is -0.950. The molecule has 2 rings (SSSR count). The summed E-state index contributed by atoms with van der Waals surface area (Å²) in [7, 11) is -3.52. The average Bonchev–Trinajstić information content (AvgIpc) is 2.87. The molecule has 2 heterocycles. The molecule has 2 aromatic rings. The highest BCUT2D eigenvalue weighted by Crippen LogP contribution is 2.29. The molecule has 2 aromatic heterocycles. The van der Waals surface area contributed by atoms with Crippen molar-refractivity contribution in [3.63, 3.8) is 0 Å². The number of aromatic nitrogens is 1. The minimum Gasteiger partial charge on any atom is -0.260 e. The van der Waals surface area contributed by atoms with Crippen LogP contribution in [0.15, 0.2) is 35.4 Å². The number of nitrogens with zero attached hydrogens (tertiary/aromatic N) is 2. The zero-order chi connectivity index (χ0) is 15.5. The van der Waals surface area contributed by atoms with Crippen molar-refractivity contribution in [3.8, 4) is 0 Å². The maximum atomic E-state index is 12.8. The van der Waals surface area contributed by atoms with Crippen LogP contribution in [0.5, 0.6) is 0 Å². The zero-order valence-electron chi connectivity index (χ0n) is 11.9. The van der Waals surface area contributed by atoms with Gasteiger partial charge in [-0.15, -0.1) is 22.9 Å². The first-order valence-electron chi connectivity index (χ1n) is 6.54. The molecule has 0 amide bonds. The van der Waals surface area contributed by atoms with E-state index in [9.17, 15) is 8.42 Å². The van der Waals surface area contributed by atoms with Gasteiger partial charge in [0.15, 0.2) is 0 Å². The van der Waals surface area contributed by atoms with Gasteiger partial charge in [0.25, 0.3) is 0 Å². The van der Waals surface area contributed by atoms with Gasteiger partial charge in [-0.25, -0.2) is 8.42 Å². The monoisotopic (exact) mass is 344 g/mol. The molecule has 0 aliphatic carbocycles. The predicted molar refractivity (Wildman–Crippen MR) is 86.1 cm³/mol. The zero-order valence-corrected chi connectivity index (χ0v) is 14.3. The summed E-state index contributed by atoms with van der Waals surface area (Å²) in [6, 6.07) is 7.15. The number of hydrogen-bond acceptors (Lipinski definition) is 4. The topological polar surface area (TPSA) is 50.3 Å². The molecule has 4 nitrogen and oxygen atoms in total. The van der Waals surface area contributed by atoms with Crippen molar-refractivity contribution >= 4 is 33.0 Å². The van der Waals surface area contributed by atoms with Gasteiger partial charge in [0.2, 0.25) is 10.0 Å². The Bertz CT molecular complexity index is 699. The van der Waals surface area contributed by atoms with Gasteiger partial charge in [-0.05, 0) is 25.1 Å². The van der Waals surface area contributed by atoms with Crippen LogP contribution < -0.4 is 0 Å². The third-order valence-corrected chi connectivity index (χ3v) is 6.76. The van der Waals surface area contributed by atoms with Gasteiger partial charge in [-0.2, -0.15) is 4.31 Å². The molecule has 0 bridgehead atoms. The lowest BCUT2D eigenvalue weighted by atomic mass is 10.3. The first-order valence-corrected chi connectivity index (χ1v) is 9.33. The lowest BCUT2D eigenvalue weighted by Crippen LogP contribution is -2.30. The van der Waals surface area contributed by atoms with Gasteiger partial charge in [-0.3, -0.25) is 4.98 Å². The molecule has 0 radical (unpaired) electrons. The second-order valence-electron chi connectivity index (χ2n) is 4.52. The van der Waals surface area contributed by atoms with Gasteiger partial charge >= 0.3 is 0 Å². The maximum absolute atomic E-state index is 12.8. The van der Waals surface area contributed by atoms with Crippen molar-refractivity contribution in [3.05, 3.63) is 45.9 Å². The first-order chi connectivity index (χ1) is 9.98. The van der Waals surface area contributed by atoms with E-state index in [-0.39, 0.29) is 6.54 Å². The predicted octanol–water partition coefficient (Wildman–Crippen LogP) is 3.40. The molecule has 0 aliphatic heterocycles. The Morgan fingerprint density at radius 2 is 2.14 bits per heavy atom. The van der Waals surface area contributed by atoms with E-state index >= 15 is 0 Å². The largest absolute Gasteiger partial charge is 0.260 e. The highest BCUT2D eigenvalue weighted by molar-refractivity contribution is 7.89. The van der Waals surface area contributed by atoms with Crippen LogP contribution >= 0.6 is 22.9 Å². The fraction of sp³-hybridized carbons (Fsp3) is 0.357. The van der Waals surface area contributed by atoms with Gasteiger partial charge in [0.05, 0.1) is 23.0 Å². The second-order valence-corrected chi connectivity index (χ2v) is 8.03. The second kappa shape index (κ2) is 6.87. The van der Waals surface area contributed by atoms with Crippen molar-refractivity contribution in [2.24, 2.45) is 0 Å². The molecule has 0 spiro atoms. The quantitative estimate of drug-likeness (QED) is 0.754. The summed E-state index contributed by atoms with van der Waals surface area (Å²) < 4.78 is 27.0. The Morgan fingerprint density at radius 1 is 1.38 bits per heavy atom. The minimum atomic E-state index is -3.52. The van der Waals surface area contributed by atoms with Gasteiger partial charge in [0.1, 0.15) is 0 Å². The van der Waals surface area contributed by atoms with Crippen LogP contribution in [0, 0.1) is 6.92 Å². The van der Waals surface area contributed by atoms with E-state index in [4.69, 9.17) is 11.6 Å². The van der Waals surface area contributed by atoms with Crippen LogP contribution in [-0.4, -0.2) is 24.3 Å². The van der Waals surface area contributed by atoms with E-state index in [1.165, 1.54) is 15.6 Å². The van der Waals surface area contributed by atoms with Crippen LogP contribution in [0.1, 0.15) is 22.4 Å². The summed E-state index contributed by atoms with van der Waals surface area (Å²) in [5.41, 5.74) is 0.730. The molecule has 7 heteroatoms. The molecular weight excluding hydrogens is 328 g/mol. The number of pyridine rings is 1. The summed E-state index contributed by atoms with van der Waals surface area (Å²) >= 11 is 7.22. The summed E-state index contributed by atoms with van der Waals surface area (Å²) in [6.07, 6.45) is 1.66. The van der Waals surface area contributed by atoms with E-state index in [0.717, 1.165) is 15.4 Å². The van der Waals surface area contributed by atoms with Crippen molar-refractivity contribution in [1.29, 1.82) is 0 Å². The molecule has 114 valence electrons. The summed E-state index contributed by atoms with van der Waals surface area (Å²) in [4.78, 5) is 6.17. The standard InChI is InChI=1S/C14H17ClN2O2S2/c1-3-17(10-12-6-4-5-7-16-12)21(18,19)14-8-13(9-15)20-11(14)2/h4-8H,3,9-10H2,1-2H3. The van der Waals surface area contributed by atoms with E-state index < -0.39 is 10.0 Å². The Balaban J connectivity index is 2.33. The van der Waals surface area contributed by atoms with Crippen molar-refractivity contribution in [2.75, 3.05) is 6.54 Å². The number of hydrogen-bond donors (Lipinski definition) is 0. The van der Waals surface area contributed by atoms with Crippen LogP contribution in [-0.2, 0) is 22.4 Å². The lowest BCUT2D eigenvalue weighted by molar-refractivity contribution is 0.419. The molecule has 0 aliphatic rings. The normalized spacial score (nSPS) is 12.0. The summed E-state index contributed by atoms with van der Waals surface area (Å²) in [6.45, 7) is 4.29. The summed E-state index contributed by atoms with van der Waals surface area (Å²) in [5.74, 6) is 0.327. The van der Waals surface area contributed by atoms with Crippen molar-refractivity contribution in [2.45, 2.75) is 31.2 Å². The summed E-state index contributed by atoms with van der Waals surface area (Å²) in [5, 5.41) is 0. The van der Waals surface area contributed by atoms with Gasteiger partial charge in [-0.1, -0.05) is 13.0 Å². The fourth-order valence-corrected chi connectivity index (χ4v) is 5.14. The molecule has 0 saturated heterocycles. The van der Waals surface area contributed by atoms with Crippen LogP contribution in [0.2, 0.25) is 0 Å². The van der Waals surface area contributed by atoms with Crippen LogP contribution in [0.25, 0.3) is 0 Å². The molecular formula is C14H17ClN2O2S2. The molecule has 0 saturated carbocycles. The number of sulfonamides is 1. The van der Waals surface area contributed by atoms with E-state index in [0.29, 0.717) is 17.3 Å². The molecule has 0 unspecified atom stereocenters. The maximum Gasteiger partial charge on any atom is 0.244 e. The van der Waals surface area contributed by atoms with Crippen LogP contribution in [0.4, 0.5) is 0 Å². The number of aryl methyl sites for hydroxylation is 1. The molecule has 21 heavy (non-hydrogen) atoms. The van der Waals surface area contributed by atoms with Crippen molar-refractivity contribution in [1.82, 2.24) is 9.29 Å². The molecule has 0 atom stereocenters. The highest BCUT2D eigenvalue weighted by Gasteiger charge is 2.27. The minimum absolute atomic E-state index is 0.269. The Labute approximate surface area is 134 Å². The van der Waals surface area contributed by atoms with Crippen molar-refractivity contribution < 1.29 is 8.42 Å². The Morgan fingerprint density at radius 3 is 2.67 bits per heavy atom. The Kier molecular flexibility index (Phi) is 5.37. The number of thiophene rings is 1. The number of rotatable bonds is 6. The van der Waals surface area contributed by atoms with Gasteiger partial charge < -0.3 is 0 Å². The van der Waals surface area contributed by atoms with Gasteiger partial charge in [0, 0.05) is 22.5 Å². The number of halogens is 1. The van der Waals surface area contributed by atoms with E-state index in [2.05, 4.69) is 4.98 Å². The number of alkyl halides is 1. The molecule has 0 N–H and O–H groups in total. The molecule has 0 aromatic carbocycles. The fourth-order valence-electron chi connectivity index (χ4n) is 2.02. The smallest absolute Gasteiger partial charge is 0.244 e. The van der Waals surface area contributed by atoms with E-state index in [1.807, 2.05) is 32.0 Å². The highest BCUT2D eigenvalue weighted by atomic mass is 35.5. The average molecular weight is 345 g/mol. The van der Waals surface area contributed by atoms with Crippen LogP contribution in [0.3, 0.4) is 0 Å². The third-order valence-electron chi connectivity index (χ3n) is 3.09. The first kappa shape index (κ1) is 16.4. The SMILES string of the molecule is CCN(Cc1ccccn1)S(=O)(=O)c1cc(CCl)sc1C. The lowest BCUT2D eigenvalue weighted by Gasteiger charge is -2.20.